The van der Waals surface area contributed by atoms with Crippen LogP contribution in [0.1, 0.15) is 45.3 Å². The van der Waals surface area contributed by atoms with Gasteiger partial charge in [0.15, 0.2) is 0 Å². The molecule has 28 heavy (non-hydrogen) atoms. The second kappa shape index (κ2) is 8.42. The van der Waals surface area contributed by atoms with E-state index in [9.17, 15) is 9.18 Å². The van der Waals surface area contributed by atoms with Crippen LogP contribution in [0.15, 0.2) is 54.1 Å². The Kier molecular flexibility index (Phi) is 5.98. The van der Waals surface area contributed by atoms with E-state index in [1.807, 2.05) is 25.1 Å². The van der Waals surface area contributed by atoms with Gasteiger partial charge >= 0.3 is 5.97 Å². The summed E-state index contributed by atoms with van der Waals surface area (Å²) in [6.45, 7) is 6.28. The van der Waals surface area contributed by atoms with Crippen molar-refractivity contribution in [3.8, 4) is 11.1 Å². The van der Waals surface area contributed by atoms with Crippen LogP contribution in [0.3, 0.4) is 0 Å². The van der Waals surface area contributed by atoms with E-state index in [-0.39, 0.29) is 17.8 Å². The number of nitrogens with zero attached hydrogens (tertiary/aromatic N) is 1. The van der Waals surface area contributed by atoms with Crippen LogP contribution < -0.4 is 0 Å². The van der Waals surface area contributed by atoms with Gasteiger partial charge in [0.1, 0.15) is 5.82 Å². The summed E-state index contributed by atoms with van der Waals surface area (Å²) in [6.07, 6.45) is 3.41. The average molecular weight is 379 g/mol. The fraction of sp³-hybridized carbons (Fsp3) is 0.292. The molecule has 0 fully saturated rings. The minimum Gasteiger partial charge on any atom is -0.466 e. The highest BCUT2D eigenvalue weighted by Gasteiger charge is 2.20. The summed E-state index contributed by atoms with van der Waals surface area (Å²) in [5.41, 5.74) is 4.59. The largest absolute Gasteiger partial charge is 0.466 e. The maximum atomic E-state index is 13.5. The quantitative estimate of drug-likeness (QED) is 0.367. The van der Waals surface area contributed by atoms with Crippen molar-refractivity contribution in [1.82, 2.24) is 4.57 Å². The molecule has 4 heteroatoms. The number of hydrogen-bond acceptors (Lipinski definition) is 2. The Bertz CT molecular complexity index is 1010. The number of ether oxygens (including phenoxy) is 1. The van der Waals surface area contributed by atoms with E-state index in [0.717, 1.165) is 34.1 Å². The Labute approximate surface area is 165 Å². The van der Waals surface area contributed by atoms with Crippen LogP contribution >= 0.6 is 0 Å². The Morgan fingerprint density at radius 3 is 2.43 bits per heavy atom. The van der Waals surface area contributed by atoms with Crippen LogP contribution in [0.4, 0.5) is 4.39 Å². The first-order chi connectivity index (χ1) is 13.5. The highest BCUT2D eigenvalue weighted by molar-refractivity contribution is 6.03. The molecule has 146 valence electrons. The Hall–Kier alpha value is -2.88. The van der Waals surface area contributed by atoms with Gasteiger partial charge < -0.3 is 9.30 Å². The number of aromatic nitrogens is 1. The van der Waals surface area contributed by atoms with Gasteiger partial charge in [-0.05, 0) is 50.1 Å². The van der Waals surface area contributed by atoms with E-state index in [1.165, 1.54) is 19.2 Å². The van der Waals surface area contributed by atoms with Crippen molar-refractivity contribution in [1.29, 1.82) is 0 Å². The van der Waals surface area contributed by atoms with Crippen molar-refractivity contribution in [2.45, 2.75) is 39.7 Å². The molecular weight excluding hydrogens is 353 g/mol. The molecule has 0 unspecified atom stereocenters. The monoisotopic (exact) mass is 379 g/mol. The topological polar surface area (TPSA) is 31.2 Å². The Balaban J connectivity index is 2.38. The van der Waals surface area contributed by atoms with Gasteiger partial charge in [-0.25, -0.2) is 9.18 Å². The standard InChI is InChI=1S/C24H26FNO2/c1-5-8-18(24(27)28-4)15-22-23(17-11-13-19(25)14-12-17)20-9-6-7-10-21(20)26(22)16(2)3/h6-7,9-16H,5,8H2,1-4H3. The molecule has 2 aromatic carbocycles. The molecule has 1 aromatic heterocycles. The lowest BCUT2D eigenvalue weighted by Gasteiger charge is -2.15. The molecule has 0 bridgehead atoms. The lowest BCUT2D eigenvalue weighted by Crippen LogP contribution is -2.07. The first-order valence-corrected chi connectivity index (χ1v) is 9.65. The minimum atomic E-state index is -0.313. The number of esters is 1. The highest BCUT2D eigenvalue weighted by atomic mass is 19.1. The van der Waals surface area contributed by atoms with E-state index in [1.54, 1.807) is 12.1 Å². The second-order valence-corrected chi connectivity index (χ2v) is 7.16. The predicted octanol–water partition coefficient (Wildman–Crippen LogP) is 6.38. The molecule has 0 amide bonds. The third kappa shape index (κ3) is 3.72. The van der Waals surface area contributed by atoms with Gasteiger partial charge in [0.25, 0.3) is 0 Å². The van der Waals surface area contributed by atoms with Crippen molar-refractivity contribution in [3.05, 3.63) is 65.6 Å². The number of rotatable bonds is 6. The zero-order valence-corrected chi connectivity index (χ0v) is 16.8. The number of para-hydroxylation sites is 1. The maximum Gasteiger partial charge on any atom is 0.333 e. The van der Waals surface area contributed by atoms with Crippen LogP contribution in [0, 0.1) is 5.82 Å². The number of fused-ring (bicyclic) bond motifs is 1. The highest BCUT2D eigenvalue weighted by Crippen LogP contribution is 2.38. The van der Waals surface area contributed by atoms with Crippen LogP contribution in [-0.2, 0) is 9.53 Å². The van der Waals surface area contributed by atoms with E-state index in [0.29, 0.717) is 12.0 Å². The van der Waals surface area contributed by atoms with E-state index < -0.39 is 0 Å². The summed E-state index contributed by atoms with van der Waals surface area (Å²) in [6, 6.07) is 14.9. The molecule has 3 rings (SSSR count). The average Bonchev–Trinajstić information content (AvgIpc) is 3.01. The van der Waals surface area contributed by atoms with Crippen LogP contribution in [0.2, 0.25) is 0 Å². The van der Waals surface area contributed by atoms with Crippen LogP contribution in [-0.4, -0.2) is 17.6 Å². The molecule has 3 nitrogen and oxygen atoms in total. The molecule has 0 saturated carbocycles. The number of halogens is 1. The van der Waals surface area contributed by atoms with Crippen molar-refractivity contribution in [3.63, 3.8) is 0 Å². The zero-order valence-electron chi connectivity index (χ0n) is 16.8. The smallest absolute Gasteiger partial charge is 0.333 e. The van der Waals surface area contributed by atoms with E-state index in [2.05, 4.69) is 30.5 Å². The molecule has 0 spiro atoms. The molecule has 0 aliphatic heterocycles. The van der Waals surface area contributed by atoms with Gasteiger partial charge in [-0.1, -0.05) is 43.7 Å². The van der Waals surface area contributed by atoms with Crippen molar-refractivity contribution in [2.24, 2.45) is 0 Å². The summed E-state index contributed by atoms with van der Waals surface area (Å²) in [7, 11) is 1.41. The molecule has 0 radical (unpaired) electrons. The molecule has 0 aliphatic rings. The van der Waals surface area contributed by atoms with Gasteiger partial charge in [0.2, 0.25) is 0 Å². The summed E-state index contributed by atoms with van der Waals surface area (Å²) in [4.78, 5) is 12.3. The number of carbonyl (C=O) groups is 1. The molecule has 0 N–H and O–H groups in total. The molecule has 0 aliphatic carbocycles. The summed E-state index contributed by atoms with van der Waals surface area (Å²) in [5.74, 6) is -0.581. The van der Waals surface area contributed by atoms with Gasteiger partial charge in [0, 0.05) is 28.1 Å². The molecular formula is C24H26FNO2. The van der Waals surface area contributed by atoms with E-state index in [4.69, 9.17) is 4.74 Å². The van der Waals surface area contributed by atoms with Crippen molar-refractivity contribution < 1.29 is 13.9 Å². The van der Waals surface area contributed by atoms with Gasteiger partial charge in [-0.15, -0.1) is 0 Å². The fourth-order valence-corrected chi connectivity index (χ4v) is 3.70. The van der Waals surface area contributed by atoms with Crippen molar-refractivity contribution >= 4 is 22.9 Å². The molecule has 1 heterocycles. The fourth-order valence-electron chi connectivity index (χ4n) is 3.70. The maximum absolute atomic E-state index is 13.5. The first-order valence-electron chi connectivity index (χ1n) is 9.65. The SMILES string of the molecule is CCCC(=Cc1c(-c2ccc(F)cc2)c2ccccc2n1C(C)C)C(=O)OC. The van der Waals surface area contributed by atoms with Crippen LogP contribution in [0.25, 0.3) is 28.1 Å². The first kappa shape index (κ1) is 19.9. The predicted molar refractivity (Wildman–Crippen MR) is 113 cm³/mol. The van der Waals surface area contributed by atoms with E-state index >= 15 is 0 Å². The lowest BCUT2D eigenvalue weighted by atomic mass is 9.99. The number of carbonyl (C=O) groups excluding carboxylic acids is 1. The van der Waals surface area contributed by atoms with Crippen molar-refractivity contribution in [2.75, 3.05) is 7.11 Å². The van der Waals surface area contributed by atoms with Gasteiger partial charge in [0.05, 0.1) is 12.8 Å². The number of benzene rings is 2. The summed E-state index contributed by atoms with van der Waals surface area (Å²) >= 11 is 0. The Morgan fingerprint density at radius 1 is 1.14 bits per heavy atom. The number of hydrogen-bond donors (Lipinski definition) is 0. The second-order valence-electron chi connectivity index (χ2n) is 7.16. The normalized spacial score (nSPS) is 12.0. The zero-order chi connectivity index (χ0) is 20.3. The van der Waals surface area contributed by atoms with Crippen LogP contribution in [0.5, 0.6) is 0 Å². The summed E-state index contributed by atoms with van der Waals surface area (Å²) < 4.78 is 20.8. The molecule has 0 saturated heterocycles. The third-order valence-electron chi connectivity index (χ3n) is 4.88. The third-order valence-corrected chi connectivity index (χ3v) is 4.88. The Morgan fingerprint density at radius 2 is 1.82 bits per heavy atom. The van der Waals surface area contributed by atoms with Gasteiger partial charge in [-0.3, -0.25) is 0 Å². The number of methoxy groups -OCH3 is 1. The molecule has 0 atom stereocenters. The molecule has 3 aromatic rings. The summed E-state index contributed by atoms with van der Waals surface area (Å²) in [5, 5.41) is 1.08. The lowest BCUT2D eigenvalue weighted by molar-refractivity contribution is -0.136. The minimum absolute atomic E-state index is 0.186. The van der Waals surface area contributed by atoms with Gasteiger partial charge in [-0.2, -0.15) is 0 Å².